The fraction of sp³-hybridized carbons (Fsp3) is 0.357. The van der Waals surface area contributed by atoms with Gasteiger partial charge >= 0.3 is 0 Å². The molecule has 5 heteroatoms. The molecule has 0 amide bonds. The van der Waals surface area contributed by atoms with Crippen LogP contribution < -0.4 is 5.32 Å². The zero-order valence-corrected chi connectivity index (χ0v) is 14.0. The number of hydrogen-bond acceptors (Lipinski definition) is 3. The summed E-state index contributed by atoms with van der Waals surface area (Å²) < 4.78 is 6.52. The molecule has 0 fully saturated rings. The smallest absolute Gasteiger partial charge is 0.181 e. The lowest BCUT2D eigenvalue weighted by Gasteiger charge is -2.19. The minimum atomic E-state index is 0.0416. The summed E-state index contributed by atoms with van der Waals surface area (Å²) in [6.45, 7) is 7.02. The fourth-order valence-electron chi connectivity index (χ4n) is 1.62. The van der Waals surface area contributed by atoms with E-state index in [4.69, 9.17) is 16.0 Å². The van der Waals surface area contributed by atoms with Crippen LogP contribution in [0.25, 0.3) is 11.3 Å². The van der Waals surface area contributed by atoms with Gasteiger partial charge in [0, 0.05) is 21.2 Å². The average molecular weight is 391 g/mol. The van der Waals surface area contributed by atoms with E-state index in [0.29, 0.717) is 6.54 Å². The van der Waals surface area contributed by atoms with E-state index in [-0.39, 0.29) is 5.54 Å². The maximum atomic E-state index is 6.15. The molecule has 0 spiro atoms. The summed E-state index contributed by atoms with van der Waals surface area (Å²) in [6.07, 6.45) is 1.47. The van der Waals surface area contributed by atoms with Crippen LogP contribution in [0.4, 0.5) is 0 Å². The number of halogens is 2. The van der Waals surface area contributed by atoms with E-state index in [1.807, 2.05) is 18.2 Å². The molecule has 1 N–H and O–H groups in total. The molecule has 3 nitrogen and oxygen atoms in total. The summed E-state index contributed by atoms with van der Waals surface area (Å²) in [5, 5.41) is 4.13. The fourth-order valence-corrected chi connectivity index (χ4v) is 2.13. The van der Waals surface area contributed by atoms with Crippen LogP contribution in [-0.4, -0.2) is 10.5 Å². The highest BCUT2D eigenvalue weighted by atomic mass is 127. The van der Waals surface area contributed by atoms with Gasteiger partial charge in [0.05, 0.1) is 5.02 Å². The molecule has 1 aromatic heterocycles. The normalized spacial score (nSPS) is 11.8. The summed E-state index contributed by atoms with van der Waals surface area (Å²) >= 11 is 8.35. The molecular formula is C14H16ClIN2O. The lowest BCUT2D eigenvalue weighted by atomic mass is 10.1. The molecule has 0 aliphatic carbocycles. The molecular weight excluding hydrogens is 375 g/mol. The van der Waals surface area contributed by atoms with Gasteiger partial charge in [0.15, 0.2) is 12.2 Å². The standard InChI is InChI=1S/C14H16ClIN2O/c1-14(2,3)18-7-12-13(19-8-17-12)9-4-5-11(16)10(15)6-9/h4-6,8,18H,7H2,1-3H3. The van der Waals surface area contributed by atoms with Gasteiger partial charge < -0.3 is 9.73 Å². The van der Waals surface area contributed by atoms with E-state index in [1.165, 1.54) is 6.39 Å². The van der Waals surface area contributed by atoms with Gasteiger partial charge in [-0.05, 0) is 55.5 Å². The van der Waals surface area contributed by atoms with Crippen molar-refractivity contribution in [1.82, 2.24) is 10.3 Å². The highest BCUT2D eigenvalue weighted by Crippen LogP contribution is 2.28. The van der Waals surface area contributed by atoms with Gasteiger partial charge in [-0.1, -0.05) is 17.7 Å². The third kappa shape index (κ3) is 3.94. The first-order valence-electron chi connectivity index (χ1n) is 5.99. The van der Waals surface area contributed by atoms with E-state index >= 15 is 0 Å². The number of oxazole rings is 1. The summed E-state index contributed by atoms with van der Waals surface area (Å²) in [6, 6.07) is 5.88. The molecule has 0 aliphatic heterocycles. The largest absolute Gasteiger partial charge is 0.443 e. The van der Waals surface area contributed by atoms with Gasteiger partial charge in [-0.25, -0.2) is 4.98 Å². The Morgan fingerprint density at radius 3 is 2.74 bits per heavy atom. The molecule has 0 unspecified atom stereocenters. The van der Waals surface area contributed by atoms with Crippen LogP contribution in [0.5, 0.6) is 0 Å². The van der Waals surface area contributed by atoms with Gasteiger partial charge in [0.25, 0.3) is 0 Å². The molecule has 2 aromatic rings. The second kappa shape index (κ2) is 5.81. The zero-order valence-electron chi connectivity index (χ0n) is 11.1. The van der Waals surface area contributed by atoms with Gasteiger partial charge in [0.2, 0.25) is 0 Å². The van der Waals surface area contributed by atoms with Crippen molar-refractivity contribution in [2.24, 2.45) is 0 Å². The average Bonchev–Trinajstić information content (AvgIpc) is 2.77. The highest BCUT2D eigenvalue weighted by Gasteiger charge is 2.15. The molecule has 0 saturated heterocycles. The van der Waals surface area contributed by atoms with E-state index in [9.17, 15) is 0 Å². The monoisotopic (exact) mass is 390 g/mol. The predicted molar refractivity (Wildman–Crippen MR) is 86.3 cm³/mol. The Bertz CT molecular complexity index is 575. The van der Waals surface area contributed by atoms with Crippen LogP contribution in [0.2, 0.25) is 5.02 Å². The Hall–Kier alpha value is -0.590. The van der Waals surface area contributed by atoms with Gasteiger partial charge in [-0.3, -0.25) is 0 Å². The van der Waals surface area contributed by atoms with Crippen molar-refractivity contribution in [1.29, 1.82) is 0 Å². The van der Waals surface area contributed by atoms with E-state index in [1.54, 1.807) is 0 Å². The van der Waals surface area contributed by atoms with E-state index < -0.39 is 0 Å². The number of aromatic nitrogens is 1. The lowest BCUT2D eigenvalue weighted by Crippen LogP contribution is -2.35. The van der Waals surface area contributed by atoms with Crippen LogP contribution in [0, 0.1) is 3.57 Å². The van der Waals surface area contributed by atoms with Crippen LogP contribution >= 0.6 is 34.2 Å². The van der Waals surface area contributed by atoms with Crippen molar-refractivity contribution >= 4 is 34.2 Å². The molecule has 0 bridgehead atoms. The van der Waals surface area contributed by atoms with Crippen LogP contribution in [0.1, 0.15) is 26.5 Å². The summed E-state index contributed by atoms with van der Waals surface area (Å²) in [4.78, 5) is 4.27. The molecule has 0 radical (unpaired) electrons. The predicted octanol–water partition coefficient (Wildman–Crippen LogP) is 4.49. The minimum Gasteiger partial charge on any atom is -0.443 e. The highest BCUT2D eigenvalue weighted by molar-refractivity contribution is 14.1. The number of nitrogens with zero attached hydrogens (tertiary/aromatic N) is 1. The molecule has 0 saturated carbocycles. The summed E-state index contributed by atoms with van der Waals surface area (Å²) in [5.74, 6) is 0.773. The third-order valence-electron chi connectivity index (χ3n) is 2.61. The number of nitrogens with one attached hydrogen (secondary N) is 1. The number of benzene rings is 1. The van der Waals surface area contributed by atoms with Crippen molar-refractivity contribution in [2.75, 3.05) is 0 Å². The SMILES string of the molecule is CC(C)(C)NCc1ncoc1-c1ccc(I)c(Cl)c1. The first kappa shape index (κ1) is 14.8. The van der Waals surface area contributed by atoms with Gasteiger partial charge in [-0.15, -0.1) is 0 Å². The van der Waals surface area contributed by atoms with Crippen molar-refractivity contribution in [3.05, 3.63) is 38.9 Å². The Kier molecular flexibility index (Phi) is 4.53. The molecule has 19 heavy (non-hydrogen) atoms. The summed E-state index contributed by atoms with van der Waals surface area (Å²) in [7, 11) is 0. The Morgan fingerprint density at radius 2 is 2.11 bits per heavy atom. The first-order valence-corrected chi connectivity index (χ1v) is 7.45. The Balaban J connectivity index is 2.26. The second-order valence-electron chi connectivity index (χ2n) is 5.36. The van der Waals surface area contributed by atoms with E-state index in [0.717, 1.165) is 25.6 Å². The maximum Gasteiger partial charge on any atom is 0.181 e. The van der Waals surface area contributed by atoms with Gasteiger partial charge in [-0.2, -0.15) is 0 Å². The van der Waals surface area contributed by atoms with E-state index in [2.05, 4.69) is 53.7 Å². The van der Waals surface area contributed by atoms with Crippen molar-refractivity contribution < 1.29 is 4.42 Å². The van der Waals surface area contributed by atoms with Crippen LogP contribution in [-0.2, 0) is 6.54 Å². The van der Waals surface area contributed by atoms with Crippen molar-refractivity contribution in [3.63, 3.8) is 0 Å². The Morgan fingerprint density at radius 1 is 1.37 bits per heavy atom. The van der Waals surface area contributed by atoms with Gasteiger partial charge in [0.1, 0.15) is 5.69 Å². The number of hydrogen-bond donors (Lipinski definition) is 1. The molecule has 0 atom stereocenters. The molecule has 0 aliphatic rings. The van der Waals surface area contributed by atoms with Crippen molar-refractivity contribution in [2.45, 2.75) is 32.9 Å². The topological polar surface area (TPSA) is 38.1 Å². The Labute approximate surface area is 131 Å². The lowest BCUT2D eigenvalue weighted by molar-refractivity contribution is 0.421. The quantitative estimate of drug-likeness (QED) is 0.785. The maximum absolute atomic E-state index is 6.15. The van der Waals surface area contributed by atoms with Crippen LogP contribution in [0.3, 0.4) is 0 Å². The third-order valence-corrected chi connectivity index (χ3v) is 4.18. The molecule has 2 rings (SSSR count). The molecule has 102 valence electrons. The summed E-state index contributed by atoms with van der Waals surface area (Å²) in [5.41, 5.74) is 1.89. The molecule has 1 aromatic carbocycles. The minimum absolute atomic E-state index is 0.0416. The second-order valence-corrected chi connectivity index (χ2v) is 6.93. The first-order chi connectivity index (χ1) is 8.87. The molecule has 1 heterocycles. The van der Waals surface area contributed by atoms with Crippen molar-refractivity contribution in [3.8, 4) is 11.3 Å². The zero-order chi connectivity index (χ0) is 14.0. The number of rotatable bonds is 3. The van der Waals surface area contributed by atoms with Crippen LogP contribution in [0.15, 0.2) is 29.0 Å².